The molecule has 0 aromatic carbocycles. The molecule has 0 bridgehead atoms. The number of carboxylic acid groups (broad SMARTS) is 1. The molecule has 1 atom stereocenters. The molecule has 0 amide bonds. The molecule has 1 N–H and O–H groups in total. The van der Waals surface area contributed by atoms with E-state index in [1.54, 1.807) is 0 Å². The number of rotatable bonds is 3. The summed E-state index contributed by atoms with van der Waals surface area (Å²) in [7, 11) is 0. The summed E-state index contributed by atoms with van der Waals surface area (Å²) in [5, 5.41) is 8.03. The van der Waals surface area contributed by atoms with Crippen LogP contribution in [-0.4, -0.2) is 29.6 Å². The summed E-state index contributed by atoms with van der Waals surface area (Å²) in [6.45, 7) is -1.91. The Balaban J connectivity index is 5.60. The molecule has 0 unspecified atom stereocenters. The van der Waals surface area contributed by atoms with Crippen LogP contribution in [0.1, 0.15) is 6.92 Å². The lowest BCUT2D eigenvalue weighted by Gasteiger charge is -2.17. The van der Waals surface area contributed by atoms with Crippen LogP contribution in [0.2, 0.25) is 0 Å². The van der Waals surface area contributed by atoms with Crippen LogP contribution in [0, 0.1) is 0 Å². The minimum atomic E-state index is -5.58. The molecule has 15 heavy (non-hydrogen) atoms. The first-order chi connectivity index (χ1) is 6.54. The van der Waals surface area contributed by atoms with Crippen LogP contribution in [0.15, 0.2) is 11.4 Å². The second-order valence-corrected chi connectivity index (χ2v) is 2.82. The highest BCUT2D eigenvalue weighted by Gasteiger charge is 2.47. The topological polar surface area (TPSA) is 37.3 Å². The molecule has 0 rings (SSSR count). The molecule has 0 aromatic rings. The van der Waals surface area contributed by atoms with E-state index in [4.69, 9.17) is 5.11 Å². The Morgan fingerprint density at radius 1 is 1.27 bits per heavy atom. The Hall–Kier alpha value is -1.21. The number of hydrogen-bond acceptors (Lipinski definition) is 1. The number of alkyl halides is 5. The predicted octanol–water partition coefficient (Wildman–Crippen LogP) is 2.55. The first kappa shape index (κ1) is 13.8. The van der Waals surface area contributed by atoms with E-state index < -0.39 is 35.9 Å². The maximum Gasteiger partial charge on any atom is 0.426 e. The SMILES string of the molecule is C[C@@](F)(CF)/C(F)=C(/C(=O)O)C(F)(F)F. The van der Waals surface area contributed by atoms with E-state index >= 15 is 0 Å². The van der Waals surface area contributed by atoms with Crippen LogP contribution in [0.25, 0.3) is 0 Å². The van der Waals surface area contributed by atoms with Crippen LogP contribution in [0.5, 0.6) is 0 Å². The zero-order valence-electron chi connectivity index (χ0n) is 7.33. The van der Waals surface area contributed by atoms with E-state index in [0.29, 0.717) is 0 Å². The van der Waals surface area contributed by atoms with Crippen molar-refractivity contribution in [1.82, 2.24) is 0 Å². The van der Waals surface area contributed by atoms with Crippen LogP contribution >= 0.6 is 0 Å². The summed E-state index contributed by atoms with van der Waals surface area (Å²) < 4.78 is 73.1. The van der Waals surface area contributed by atoms with E-state index in [1.807, 2.05) is 0 Å². The Morgan fingerprint density at radius 3 is 1.87 bits per heavy atom. The van der Waals surface area contributed by atoms with E-state index in [9.17, 15) is 31.1 Å². The largest absolute Gasteiger partial charge is 0.478 e. The van der Waals surface area contributed by atoms with Gasteiger partial charge in [-0.25, -0.2) is 18.0 Å². The molecule has 0 saturated carbocycles. The van der Waals surface area contributed by atoms with Gasteiger partial charge in [0, 0.05) is 0 Å². The number of allylic oxidation sites excluding steroid dienone is 1. The minimum Gasteiger partial charge on any atom is -0.478 e. The van der Waals surface area contributed by atoms with E-state index in [0.717, 1.165) is 0 Å². The lowest BCUT2D eigenvalue weighted by atomic mass is 10.0. The Labute approximate surface area is 80.2 Å². The van der Waals surface area contributed by atoms with Crippen LogP contribution in [0.4, 0.5) is 26.3 Å². The zero-order valence-corrected chi connectivity index (χ0v) is 7.33. The second-order valence-electron chi connectivity index (χ2n) is 2.82. The van der Waals surface area contributed by atoms with E-state index in [-0.39, 0.29) is 6.92 Å². The summed E-state index contributed by atoms with van der Waals surface area (Å²) in [5.74, 6) is -5.37. The third-order valence-corrected chi connectivity index (χ3v) is 1.43. The number of carboxylic acids is 1. The molecule has 0 aliphatic rings. The fourth-order valence-electron chi connectivity index (χ4n) is 0.659. The van der Waals surface area contributed by atoms with Crippen molar-refractivity contribution in [3.05, 3.63) is 11.4 Å². The lowest BCUT2D eigenvalue weighted by molar-refractivity contribution is -0.146. The summed E-state index contributed by atoms with van der Waals surface area (Å²) in [6.07, 6.45) is -5.58. The normalized spacial score (nSPS) is 18.1. The lowest BCUT2D eigenvalue weighted by Crippen LogP contribution is -2.30. The second kappa shape index (κ2) is 4.11. The van der Waals surface area contributed by atoms with Crippen molar-refractivity contribution < 1.29 is 36.2 Å². The Bertz CT molecular complexity index is 290. The van der Waals surface area contributed by atoms with Crippen molar-refractivity contribution in [1.29, 1.82) is 0 Å². The molecule has 0 aliphatic carbocycles. The number of aliphatic carboxylic acids is 1. The van der Waals surface area contributed by atoms with Gasteiger partial charge in [-0.05, 0) is 6.92 Å². The van der Waals surface area contributed by atoms with Gasteiger partial charge in [0.1, 0.15) is 6.67 Å². The van der Waals surface area contributed by atoms with Crippen LogP contribution in [0.3, 0.4) is 0 Å². The van der Waals surface area contributed by atoms with Gasteiger partial charge in [-0.15, -0.1) is 0 Å². The summed E-state index contributed by atoms with van der Waals surface area (Å²) in [5.41, 5.74) is -6.33. The average Bonchev–Trinajstić information content (AvgIpc) is 2.00. The van der Waals surface area contributed by atoms with E-state index in [2.05, 4.69) is 0 Å². The van der Waals surface area contributed by atoms with Gasteiger partial charge in [0.05, 0.1) is 0 Å². The quantitative estimate of drug-likeness (QED) is 0.604. The average molecular weight is 236 g/mol. The van der Waals surface area contributed by atoms with E-state index in [1.165, 1.54) is 0 Å². The molecule has 0 spiro atoms. The van der Waals surface area contributed by atoms with Gasteiger partial charge in [-0.1, -0.05) is 0 Å². The molecular weight excluding hydrogens is 230 g/mol. The fraction of sp³-hybridized carbons (Fsp3) is 0.571. The molecule has 0 aromatic heterocycles. The van der Waals surface area contributed by atoms with Gasteiger partial charge in [-0.3, -0.25) is 0 Å². The van der Waals surface area contributed by atoms with Crippen LogP contribution in [-0.2, 0) is 4.79 Å². The third kappa shape index (κ3) is 3.14. The fourth-order valence-corrected chi connectivity index (χ4v) is 0.659. The third-order valence-electron chi connectivity index (χ3n) is 1.43. The number of halogens is 6. The Morgan fingerprint density at radius 2 is 1.67 bits per heavy atom. The number of hydrogen-bond donors (Lipinski definition) is 1. The molecule has 0 heterocycles. The van der Waals surface area contributed by atoms with Gasteiger partial charge in [0.2, 0.25) is 0 Å². The highest BCUT2D eigenvalue weighted by Crippen LogP contribution is 2.35. The molecule has 0 aliphatic heterocycles. The van der Waals surface area contributed by atoms with Crippen molar-refractivity contribution in [3.63, 3.8) is 0 Å². The summed E-state index contributed by atoms with van der Waals surface area (Å²) >= 11 is 0. The van der Waals surface area contributed by atoms with Crippen molar-refractivity contribution in [3.8, 4) is 0 Å². The first-order valence-electron chi connectivity index (χ1n) is 3.49. The van der Waals surface area contributed by atoms with Gasteiger partial charge in [-0.2, -0.15) is 13.2 Å². The van der Waals surface area contributed by atoms with Crippen molar-refractivity contribution >= 4 is 5.97 Å². The smallest absolute Gasteiger partial charge is 0.426 e. The van der Waals surface area contributed by atoms with Crippen LogP contribution < -0.4 is 0 Å². The molecular formula is C7H6F6O2. The maximum atomic E-state index is 12.8. The Kier molecular flexibility index (Phi) is 3.78. The summed E-state index contributed by atoms with van der Waals surface area (Å²) in [4.78, 5) is 10.0. The molecule has 0 fully saturated rings. The van der Waals surface area contributed by atoms with Gasteiger partial charge < -0.3 is 5.11 Å². The predicted molar refractivity (Wildman–Crippen MR) is 37.3 cm³/mol. The monoisotopic (exact) mass is 236 g/mol. The maximum absolute atomic E-state index is 12.8. The molecule has 0 saturated heterocycles. The van der Waals surface area contributed by atoms with Gasteiger partial charge >= 0.3 is 12.1 Å². The first-order valence-corrected chi connectivity index (χ1v) is 3.49. The molecule has 8 heteroatoms. The van der Waals surface area contributed by atoms with Gasteiger partial charge in [0.25, 0.3) is 0 Å². The number of carbonyl (C=O) groups is 1. The summed E-state index contributed by atoms with van der Waals surface area (Å²) in [6, 6.07) is 0. The highest BCUT2D eigenvalue weighted by molar-refractivity contribution is 5.89. The molecule has 2 nitrogen and oxygen atoms in total. The minimum absolute atomic E-state index is 0.178. The standard InChI is InChI=1S/C7H6F6O2/c1-6(10,2-8)4(9)3(5(14)15)7(11,12)13/h2H2,1H3,(H,14,15)/b4-3+/t6-/m1/s1. The molecule has 0 radical (unpaired) electrons. The van der Waals surface area contributed by atoms with Gasteiger partial charge in [0.15, 0.2) is 17.1 Å². The van der Waals surface area contributed by atoms with Crippen molar-refractivity contribution in [2.75, 3.05) is 6.67 Å². The van der Waals surface area contributed by atoms with Crippen molar-refractivity contribution in [2.24, 2.45) is 0 Å². The zero-order chi connectivity index (χ0) is 12.4. The molecule has 88 valence electrons. The highest BCUT2D eigenvalue weighted by atomic mass is 19.4. The van der Waals surface area contributed by atoms with Crippen molar-refractivity contribution in [2.45, 2.75) is 18.8 Å².